The van der Waals surface area contributed by atoms with E-state index in [2.05, 4.69) is 0 Å². The second kappa shape index (κ2) is 5.14. The van der Waals surface area contributed by atoms with E-state index in [-0.39, 0.29) is 22.8 Å². The molecule has 4 nitrogen and oxygen atoms in total. The average molecular weight is 300 g/mol. The van der Waals surface area contributed by atoms with Gasteiger partial charge in [-0.05, 0) is 32.4 Å². The Morgan fingerprint density at radius 3 is 2.60 bits per heavy atom. The Bertz CT molecular complexity index is 586. The van der Waals surface area contributed by atoms with Gasteiger partial charge < -0.3 is 9.64 Å². The standard InChI is InChI=1S/C14H15ClFNO3/c1-14(2,20-3)6-7-17-11-9(16)5-4-8(15)10(11)12(18)13(17)19/h4-5H,6-7H2,1-3H3. The van der Waals surface area contributed by atoms with Crippen molar-refractivity contribution < 1.29 is 18.7 Å². The van der Waals surface area contributed by atoms with Crippen molar-refractivity contribution in [2.45, 2.75) is 25.9 Å². The van der Waals surface area contributed by atoms with Gasteiger partial charge in [-0.25, -0.2) is 4.39 Å². The number of methoxy groups -OCH3 is 1. The average Bonchev–Trinajstić information content (AvgIpc) is 2.66. The predicted molar refractivity (Wildman–Crippen MR) is 73.8 cm³/mol. The quantitative estimate of drug-likeness (QED) is 0.803. The van der Waals surface area contributed by atoms with E-state index in [1.807, 2.05) is 13.8 Å². The maximum absolute atomic E-state index is 13.9. The van der Waals surface area contributed by atoms with Crippen molar-refractivity contribution in [3.63, 3.8) is 0 Å². The minimum Gasteiger partial charge on any atom is -0.379 e. The lowest BCUT2D eigenvalue weighted by Crippen LogP contribution is -2.36. The third kappa shape index (κ3) is 2.43. The first-order chi connectivity index (χ1) is 9.28. The molecule has 0 aromatic heterocycles. The van der Waals surface area contributed by atoms with Crippen molar-refractivity contribution in [2.75, 3.05) is 18.6 Å². The van der Waals surface area contributed by atoms with E-state index in [9.17, 15) is 14.0 Å². The predicted octanol–water partition coefficient (Wildman–Crippen LogP) is 2.82. The summed E-state index contributed by atoms with van der Waals surface area (Å²) in [5.74, 6) is -2.14. The van der Waals surface area contributed by atoms with Crippen LogP contribution in [0.5, 0.6) is 0 Å². The highest BCUT2D eigenvalue weighted by atomic mass is 35.5. The molecular weight excluding hydrogens is 285 g/mol. The Morgan fingerprint density at radius 1 is 1.35 bits per heavy atom. The summed E-state index contributed by atoms with van der Waals surface area (Å²) in [6.07, 6.45) is 0.466. The van der Waals surface area contributed by atoms with Gasteiger partial charge in [-0.15, -0.1) is 0 Å². The van der Waals surface area contributed by atoms with Crippen molar-refractivity contribution in [3.05, 3.63) is 28.5 Å². The molecule has 1 aromatic rings. The summed E-state index contributed by atoms with van der Waals surface area (Å²) in [7, 11) is 1.56. The summed E-state index contributed by atoms with van der Waals surface area (Å²) in [5, 5.41) is 0.0910. The summed E-state index contributed by atoms with van der Waals surface area (Å²) >= 11 is 5.89. The number of ether oxygens (including phenoxy) is 1. The largest absolute Gasteiger partial charge is 0.379 e. The maximum atomic E-state index is 13.9. The molecule has 0 radical (unpaired) electrons. The molecule has 1 aromatic carbocycles. The molecule has 20 heavy (non-hydrogen) atoms. The van der Waals surface area contributed by atoms with E-state index in [1.54, 1.807) is 7.11 Å². The van der Waals surface area contributed by atoms with Crippen LogP contribution in [0.2, 0.25) is 5.02 Å². The Hall–Kier alpha value is -1.46. The zero-order valence-electron chi connectivity index (χ0n) is 11.5. The van der Waals surface area contributed by atoms with Crippen LogP contribution in [-0.4, -0.2) is 30.9 Å². The van der Waals surface area contributed by atoms with Gasteiger partial charge in [0.15, 0.2) is 0 Å². The summed E-state index contributed by atoms with van der Waals surface area (Å²) in [6, 6.07) is 2.44. The number of amides is 1. The molecule has 0 saturated heterocycles. The van der Waals surface area contributed by atoms with Gasteiger partial charge in [0.1, 0.15) is 5.82 Å². The van der Waals surface area contributed by atoms with Crippen molar-refractivity contribution in [1.29, 1.82) is 0 Å². The minimum absolute atomic E-state index is 0.0283. The molecule has 0 unspecified atom stereocenters. The van der Waals surface area contributed by atoms with Crippen LogP contribution in [0.3, 0.4) is 0 Å². The topological polar surface area (TPSA) is 46.6 Å². The third-order valence-electron chi connectivity index (χ3n) is 3.50. The molecule has 1 amide bonds. The molecule has 0 bridgehead atoms. The van der Waals surface area contributed by atoms with Crippen LogP contribution >= 0.6 is 11.6 Å². The van der Waals surface area contributed by atoms with E-state index < -0.39 is 23.1 Å². The van der Waals surface area contributed by atoms with Gasteiger partial charge in [-0.3, -0.25) is 9.59 Å². The summed E-state index contributed by atoms with van der Waals surface area (Å²) in [5.41, 5.74) is -0.549. The van der Waals surface area contributed by atoms with Crippen LogP contribution in [0.1, 0.15) is 30.6 Å². The summed E-state index contributed by atoms with van der Waals surface area (Å²) in [6.45, 7) is 3.89. The molecule has 0 N–H and O–H groups in total. The number of hydrogen-bond donors (Lipinski definition) is 0. The van der Waals surface area contributed by atoms with E-state index in [0.29, 0.717) is 6.42 Å². The zero-order valence-corrected chi connectivity index (χ0v) is 12.3. The molecule has 0 fully saturated rings. The van der Waals surface area contributed by atoms with Crippen LogP contribution in [0.15, 0.2) is 12.1 Å². The molecule has 0 atom stereocenters. The van der Waals surface area contributed by atoms with Gasteiger partial charge in [0.05, 0.1) is 21.9 Å². The van der Waals surface area contributed by atoms with Crippen LogP contribution in [0.4, 0.5) is 10.1 Å². The van der Waals surface area contributed by atoms with Crippen LogP contribution in [-0.2, 0) is 9.53 Å². The molecule has 1 aliphatic heterocycles. The van der Waals surface area contributed by atoms with Gasteiger partial charge in [0.2, 0.25) is 0 Å². The number of rotatable bonds is 4. The Kier molecular flexibility index (Phi) is 3.84. The number of halogens is 2. The molecule has 2 rings (SSSR count). The lowest BCUT2D eigenvalue weighted by molar-refractivity contribution is -0.114. The monoisotopic (exact) mass is 299 g/mol. The van der Waals surface area contributed by atoms with Gasteiger partial charge in [-0.1, -0.05) is 11.6 Å². The molecule has 0 aliphatic carbocycles. The lowest BCUT2D eigenvalue weighted by Gasteiger charge is -2.26. The summed E-state index contributed by atoms with van der Waals surface area (Å²) in [4.78, 5) is 25.0. The number of Topliss-reactive ketones (excluding diaryl/α,β-unsaturated/α-hetero) is 1. The van der Waals surface area contributed by atoms with Crippen molar-refractivity contribution in [1.82, 2.24) is 0 Å². The minimum atomic E-state index is -0.764. The first-order valence-electron chi connectivity index (χ1n) is 6.18. The van der Waals surface area contributed by atoms with E-state index >= 15 is 0 Å². The number of anilines is 1. The third-order valence-corrected chi connectivity index (χ3v) is 3.82. The van der Waals surface area contributed by atoms with Gasteiger partial charge in [-0.2, -0.15) is 0 Å². The number of nitrogens with zero attached hydrogens (tertiary/aromatic N) is 1. The zero-order chi connectivity index (χ0) is 15.1. The number of carbonyl (C=O) groups excluding carboxylic acids is 2. The number of fused-ring (bicyclic) bond motifs is 1. The smallest absolute Gasteiger partial charge is 0.299 e. The molecule has 0 saturated carbocycles. The van der Waals surface area contributed by atoms with E-state index in [4.69, 9.17) is 16.3 Å². The lowest BCUT2D eigenvalue weighted by atomic mass is 10.0. The number of hydrogen-bond acceptors (Lipinski definition) is 3. The highest BCUT2D eigenvalue weighted by Gasteiger charge is 2.40. The normalized spacial score (nSPS) is 14.9. The molecular formula is C14H15ClFNO3. The molecule has 6 heteroatoms. The maximum Gasteiger partial charge on any atom is 0.299 e. The Balaban J connectivity index is 2.36. The first-order valence-corrected chi connectivity index (χ1v) is 6.55. The number of carbonyl (C=O) groups is 2. The Morgan fingerprint density at radius 2 is 2.00 bits per heavy atom. The SMILES string of the molecule is COC(C)(C)CCN1C(=O)C(=O)c2c(Cl)ccc(F)c21. The first kappa shape index (κ1) is 14.9. The summed E-state index contributed by atoms with van der Waals surface area (Å²) < 4.78 is 19.2. The van der Waals surface area contributed by atoms with Crippen LogP contribution in [0.25, 0.3) is 0 Å². The number of benzene rings is 1. The van der Waals surface area contributed by atoms with Gasteiger partial charge in [0.25, 0.3) is 11.7 Å². The van der Waals surface area contributed by atoms with Crippen LogP contribution < -0.4 is 4.90 Å². The van der Waals surface area contributed by atoms with Crippen molar-refractivity contribution in [3.8, 4) is 0 Å². The van der Waals surface area contributed by atoms with Crippen molar-refractivity contribution >= 4 is 29.0 Å². The molecule has 1 heterocycles. The van der Waals surface area contributed by atoms with Gasteiger partial charge in [0, 0.05) is 13.7 Å². The van der Waals surface area contributed by atoms with Gasteiger partial charge >= 0.3 is 0 Å². The Labute approximate surface area is 121 Å². The van der Waals surface area contributed by atoms with E-state index in [0.717, 1.165) is 11.0 Å². The highest BCUT2D eigenvalue weighted by Crippen LogP contribution is 2.37. The second-order valence-electron chi connectivity index (χ2n) is 5.25. The molecule has 1 aliphatic rings. The highest BCUT2D eigenvalue weighted by molar-refractivity contribution is 6.55. The number of ketones is 1. The fraction of sp³-hybridized carbons (Fsp3) is 0.429. The van der Waals surface area contributed by atoms with Crippen LogP contribution in [0, 0.1) is 5.82 Å². The fourth-order valence-corrected chi connectivity index (χ4v) is 2.29. The molecule has 108 valence electrons. The van der Waals surface area contributed by atoms with Crippen molar-refractivity contribution in [2.24, 2.45) is 0 Å². The fourth-order valence-electron chi connectivity index (χ4n) is 2.05. The van der Waals surface area contributed by atoms with E-state index in [1.165, 1.54) is 6.07 Å². The second-order valence-corrected chi connectivity index (χ2v) is 5.66. The molecule has 0 spiro atoms.